The van der Waals surface area contributed by atoms with Crippen molar-refractivity contribution < 1.29 is 28.6 Å². The topological polar surface area (TPSA) is 115 Å². The van der Waals surface area contributed by atoms with Gasteiger partial charge in [0.1, 0.15) is 34.8 Å². The Bertz CT molecular complexity index is 1870. The first kappa shape index (κ1) is 28.2. The van der Waals surface area contributed by atoms with Crippen molar-refractivity contribution in [2.24, 2.45) is 0 Å². The summed E-state index contributed by atoms with van der Waals surface area (Å²) in [5, 5.41) is 14.7. The van der Waals surface area contributed by atoms with Crippen molar-refractivity contribution in [3.8, 4) is 22.8 Å². The lowest BCUT2D eigenvalue weighted by molar-refractivity contribution is 0.0466. The van der Waals surface area contributed by atoms with Crippen LogP contribution in [0.2, 0.25) is 5.02 Å². The molecule has 2 N–H and O–H groups in total. The van der Waals surface area contributed by atoms with Gasteiger partial charge in [0.05, 0.1) is 16.1 Å². The molecule has 2 atom stereocenters. The molecule has 0 bridgehead atoms. The summed E-state index contributed by atoms with van der Waals surface area (Å²) in [6, 6.07) is 26.1. The first-order valence-electron chi connectivity index (χ1n) is 13.7. The van der Waals surface area contributed by atoms with Crippen LogP contribution in [0.15, 0.2) is 106 Å². The number of hydrogen-bond acceptors (Lipinski definition) is 8. The summed E-state index contributed by atoms with van der Waals surface area (Å²) in [6.45, 7) is 0.558. The molecule has 0 spiro atoms. The van der Waals surface area contributed by atoms with E-state index in [4.69, 9.17) is 25.5 Å². The lowest BCUT2D eigenvalue weighted by Gasteiger charge is -2.23. The molecule has 0 saturated carbocycles. The summed E-state index contributed by atoms with van der Waals surface area (Å²) >= 11 is 6.43. The first-order valence-corrected chi connectivity index (χ1v) is 14.1. The summed E-state index contributed by atoms with van der Waals surface area (Å²) in [5.41, 5.74) is 1.17. The van der Waals surface area contributed by atoms with Crippen molar-refractivity contribution in [2.75, 3.05) is 13.2 Å². The molecule has 1 saturated heterocycles. The summed E-state index contributed by atoms with van der Waals surface area (Å²) < 4.78 is 17.9. The molecular weight excluding hydrogens is 570 g/mol. The van der Waals surface area contributed by atoms with E-state index in [0.717, 1.165) is 0 Å². The van der Waals surface area contributed by atoms with Crippen LogP contribution in [0.3, 0.4) is 0 Å². The highest BCUT2D eigenvalue weighted by molar-refractivity contribution is 6.33. The summed E-state index contributed by atoms with van der Waals surface area (Å²) in [5.74, 6) is -1.73. The number of aromatic hydroxyl groups is 1. The van der Waals surface area contributed by atoms with Crippen molar-refractivity contribution in [1.29, 1.82) is 0 Å². The first-order chi connectivity index (χ1) is 20.9. The van der Waals surface area contributed by atoms with E-state index in [0.29, 0.717) is 40.2 Å². The quantitative estimate of drug-likeness (QED) is 0.165. The van der Waals surface area contributed by atoms with E-state index in [2.05, 4.69) is 5.32 Å². The Balaban J connectivity index is 1.47. The number of rotatable bonds is 7. The molecule has 0 radical (unpaired) electrons. The highest BCUT2D eigenvalue weighted by Crippen LogP contribution is 2.44. The zero-order valence-electron chi connectivity index (χ0n) is 22.8. The van der Waals surface area contributed by atoms with E-state index in [1.165, 1.54) is 12.1 Å². The molecule has 2 unspecified atom stereocenters. The molecule has 43 heavy (non-hydrogen) atoms. The molecular formula is C34H26ClNO7. The molecule has 1 aliphatic heterocycles. The molecule has 8 nitrogen and oxygen atoms in total. The van der Waals surface area contributed by atoms with E-state index in [9.17, 15) is 19.5 Å². The van der Waals surface area contributed by atoms with Gasteiger partial charge in [0.15, 0.2) is 5.43 Å². The monoisotopic (exact) mass is 595 g/mol. The standard InChI is InChI=1S/C34H26ClNO7/c35-24-14-8-7-13-22(24)28-17-26(37)31-27(38)18-29(43-34(40)21-11-5-2-6-12-21)30(32(31)42-28)23-15-16-36-25(23)19-41-33(39)20-9-3-1-4-10-20/h1-14,17-18,23,25,36,38H,15-16,19H2. The van der Waals surface area contributed by atoms with Crippen molar-refractivity contribution in [3.63, 3.8) is 0 Å². The van der Waals surface area contributed by atoms with Crippen LogP contribution < -0.4 is 15.5 Å². The van der Waals surface area contributed by atoms with E-state index >= 15 is 0 Å². The lowest BCUT2D eigenvalue weighted by Crippen LogP contribution is -2.32. The summed E-state index contributed by atoms with van der Waals surface area (Å²) in [4.78, 5) is 39.3. The minimum absolute atomic E-state index is 0.00126. The van der Waals surface area contributed by atoms with Gasteiger partial charge >= 0.3 is 11.9 Å². The number of nitrogens with one attached hydrogen (secondary N) is 1. The van der Waals surface area contributed by atoms with Crippen LogP contribution in [-0.4, -0.2) is 36.2 Å². The largest absolute Gasteiger partial charge is 0.507 e. The maximum atomic E-state index is 13.4. The Hall–Kier alpha value is -4.92. The van der Waals surface area contributed by atoms with Crippen molar-refractivity contribution in [3.05, 3.63) is 129 Å². The number of halogens is 1. The Morgan fingerprint density at radius 2 is 1.56 bits per heavy atom. The fourth-order valence-corrected chi connectivity index (χ4v) is 5.61. The van der Waals surface area contributed by atoms with Gasteiger partial charge in [0, 0.05) is 35.2 Å². The van der Waals surface area contributed by atoms with E-state index in [1.807, 2.05) is 6.07 Å². The number of esters is 2. The number of phenols is 1. The van der Waals surface area contributed by atoms with E-state index < -0.39 is 35.1 Å². The maximum absolute atomic E-state index is 13.4. The van der Waals surface area contributed by atoms with Crippen LogP contribution in [0.25, 0.3) is 22.3 Å². The van der Waals surface area contributed by atoms with E-state index in [1.54, 1.807) is 78.9 Å². The fourth-order valence-electron chi connectivity index (χ4n) is 5.39. The predicted molar refractivity (Wildman–Crippen MR) is 162 cm³/mol. The second kappa shape index (κ2) is 12.1. The summed E-state index contributed by atoms with van der Waals surface area (Å²) in [7, 11) is 0. The number of ether oxygens (including phenoxy) is 2. The molecule has 5 aromatic rings. The Kier molecular flexibility index (Phi) is 7.96. The zero-order chi connectivity index (χ0) is 29.9. The van der Waals surface area contributed by atoms with Gasteiger partial charge in [-0.3, -0.25) is 4.79 Å². The average molecular weight is 596 g/mol. The SMILES string of the molecule is O=C(OCC1NCCC1c1c(OC(=O)c2ccccc2)cc(O)c2c(=O)cc(-c3ccccc3Cl)oc12)c1ccccc1. The van der Waals surface area contributed by atoms with Gasteiger partial charge < -0.3 is 24.3 Å². The van der Waals surface area contributed by atoms with Crippen LogP contribution >= 0.6 is 11.6 Å². The number of benzene rings is 4. The predicted octanol–water partition coefficient (Wildman–Crippen LogP) is 6.34. The molecule has 0 aliphatic carbocycles. The number of hydrogen-bond donors (Lipinski definition) is 2. The van der Waals surface area contributed by atoms with Crippen LogP contribution in [0, 0.1) is 0 Å². The maximum Gasteiger partial charge on any atom is 0.343 e. The van der Waals surface area contributed by atoms with Gasteiger partial charge in [-0.2, -0.15) is 0 Å². The Morgan fingerprint density at radius 3 is 2.26 bits per heavy atom. The molecule has 9 heteroatoms. The van der Waals surface area contributed by atoms with Gasteiger partial charge in [-0.05, 0) is 49.4 Å². The van der Waals surface area contributed by atoms with Crippen molar-refractivity contribution >= 4 is 34.5 Å². The molecule has 1 fully saturated rings. The molecule has 6 rings (SSSR count). The fraction of sp³-hybridized carbons (Fsp3) is 0.147. The number of carbonyl (C=O) groups excluding carboxylic acids is 2. The van der Waals surface area contributed by atoms with Crippen LogP contribution in [0.5, 0.6) is 11.5 Å². The molecule has 2 heterocycles. The minimum atomic E-state index is -0.650. The third kappa shape index (κ3) is 5.75. The number of fused-ring (bicyclic) bond motifs is 1. The highest BCUT2D eigenvalue weighted by Gasteiger charge is 2.36. The van der Waals surface area contributed by atoms with Crippen LogP contribution in [-0.2, 0) is 4.74 Å². The Morgan fingerprint density at radius 1 is 0.907 bits per heavy atom. The van der Waals surface area contributed by atoms with Crippen molar-refractivity contribution in [1.82, 2.24) is 5.32 Å². The number of phenolic OH excluding ortho intramolecular Hbond substituents is 1. The van der Waals surface area contributed by atoms with Gasteiger partial charge in [-0.15, -0.1) is 0 Å². The molecule has 1 aromatic heterocycles. The Labute approximate surface area is 251 Å². The smallest absolute Gasteiger partial charge is 0.343 e. The summed E-state index contributed by atoms with van der Waals surface area (Å²) in [6.07, 6.45) is 0.545. The normalized spacial score (nSPS) is 16.2. The molecule has 1 aliphatic rings. The van der Waals surface area contributed by atoms with Crippen LogP contribution in [0.4, 0.5) is 0 Å². The molecule has 4 aromatic carbocycles. The minimum Gasteiger partial charge on any atom is -0.507 e. The highest BCUT2D eigenvalue weighted by atomic mass is 35.5. The number of carbonyl (C=O) groups is 2. The second-order valence-electron chi connectivity index (χ2n) is 10.1. The average Bonchev–Trinajstić information content (AvgIpc) is 3.48. The van der Waals surface area contributed by atoms with Crippen molar-refractivity contribution in [2.45, 2.75) is 18.4 Å². The lowest BCUT2D eigenvalue weighted by atomic mass is 9.89. The van der Waals surface area contributed by atoms with E-state index in [-0.39, 0.29) is 29.1 Å². The zero-order valence-corrected chi connectivity index (χ0v) is 23.5. The third-order valence-corrected chi connectivity index (χ3v) is 7.78. The van der Waals surface area contributed by atoms with Gasteiger partial charge in [0.25, 0.3) is 0 Å². The van der Waals surface area contributed by atoms with Crippen LogP contribution in [0.1, 0.15) is 38.6 Å². The second-order valence-corrected chi connectivity index (χ2v) is 10.5. The van der Waals surface area contributed by atoms with Gasteiger partial charge in [-0.25, -0.2) is 9.59 Å². The third-order valence-electron chi connectivity index (χ3n) is 7.46. The van der Waals surface area contributed by atoms with Gasteiger partial charge in [-0.1, -0.05) is 60.1 Å². The molecule has 216 valence electrons. The molecule has 0 amide bonds. The van der Waals surface area contributed by atoms with Gasteiger partial charge in [0.2, 0.25) is 0 Å².